The Balaban J connectivity index is 1.75. The molecule has 4 nitrogen and oxygen atoms in total. The predicted molar refractivity (Wildman–Crippen MR) is 87.3 cm³/mol. The lowest BCUT2D eigenvalue weighted by molar-refractivity contribution is 0.102. The van der Waals surface area contributed by atoms with Gasteiger partial charge in [-0.3, -0.25) is 4.79 Å². The number of benzene rings is 2. The number of morpholine rings is 1. The fourth-order valence-electron chi connectivity index (χ4n) is 2.49. The highest BCUT2D eigenvalue weighted by Crippen LogP contribution is 2.19. The van der Waals surface area contributed by atoms with E-state index in [1.165, 1.54) is 0 Å². The van der Waals surface area contributed by atoms with E-state index in [1.807, 2.05) is 36.4 Å². The maximum Gasteiger partial charge on any atom is 0.255 e. The quantitative estimate of drug-likeness (QED) is 0.946. The summed E-state index contributed by atoms with van der Waals surface area (Å²) in [5, 5.41) is 2.87. The third-order valence-corrected chi connectivity index (χ3v) is 3.63. The molecule has 1 saturated heterocycles. The van der Waals surface area contributed by atoms with Gasteiger partial charge in [0.25, 0.3) is 5.91 Å². The minimum atomic E-state index is -0.138. The molecule has 0 aliphatic carbocycles. The Labute approximate surface area is 130 Å². The second kappa shape index (κ2) is 6.62. The minimum absolute atomic E-state index is 0.138. The zero-order valence-electron chi connectivity index (χ0n) is 12.3. The fraction of sp³-hybridized carbons (Fsp3) is 0.222. The molecule has 112 valence electrons. The number of carbonyl (C=O) groups is 1. The van der Waals surface area contributed by atoms with Crippen LogP contribution in [0.1, 0.15) is 15.9 Å². The van der Waals surface area contributed by atoms with Crippen molar-refractivity contribution in [2.75, 3.05) is 36.5 Å². The van der Waals surface area contributed by atoms with E-state index in [0.717, 1.165) is 32.0 Å². The predicted octanol–water partition coefficient (Wildman–Crippen LogP) is 2.83. The fourth-order valence-corrected chi connectivity index (χ4v) is 2.49. The summed E-state index contributed by atoms with van der Waals surface area (Å²) < 4.78 is 5.36. The summed E-state index contributed by atoms with van der Waals surface area (Å²) in [4.78, 5) is 14.6. The number of nitrogens with zero attached hydrogens (tertiary/aromatic N) is 1. The van der Waals surface area contributed by atoms with E-state index >= 15 is 0 Å². The van der Waals surface area contributed by atoms with E-state index < -0.39 is 0 Å². The van der Waals surface area contributed by atoms with Crippen molar-refractivity contribution in [2.45, 2.75) is 0 Å². The van der Waals surface area contributed by atoms with Gasteiger partial charge in [-0.1, -0.05) is 18.2 Å². The third-order valence-electron chi connectivity index (χ3n) is 3.63. The Hall–Kier alpha value is -2.33. The molecule has 1 fully saturated rings. The van der Waals surface area contributed by atoms with Gasteiger partial charge in [-0.25, -0.2) is 0 Å². The molecule has 2 radical (unpaired) electrons. The van der Waals surface area contributed by atoms with Gasteiger partial charge in [0, 0.05) is 30.0 Å². The molecule has 4 heteroatoms. The highest BCUT2D eigenvalue weighted by Gasteiger charge is 2.13. The van der Waals surface area contributed by atoms with Crippen molar-refractivity contribution in [3.8, 4) is 0 Å². The molecule has 1 aliphatic rings. The summed E-state index contributed by atoms with van der Waals surface area (Å²) in [7, 11) is 0. The van der Waals surface area contributed by atoms with Crippen LogP contribution in [-0.4, -0.2) is 32.2 Å². The first kappa shape index (κ1) is 14.6. The average molecular weight is 294 g/mol. The molecule has 0 unspecified atom stereocenters. The number of rotatable bonds is 3. The molecule has 0 aromatic heterocycles. The van der Waals surface area contributed by atoms with Crippen molar-refractivity contribution in [2.24, 2.45) is 0 Å². The Kier molecular flexibility index (Phi) is 4.39. The van der Waals surface area contributed by atoms with Crippen LogP contribution < -0.4 is 10.2 Å². The number of amides is 1. The second-order valence-electron chi connectivity index (χ2n) is 5.23. The SMILES string of the molecule is [CH]c1cccc(NC(=O)c2cccc(N3CCOCC3)c2)c1. The van der Waals surface area contributed by atoms with Crippen LogP contribution in [-0.2, 0) is 4.74 Å². The molecule has 22 heavy (non-hydrogen) atoms. The molecule has 0 atom stereocenters. The van der Waals surface area contributed by atoms with Crippen LogP contribution in [0.2, 0.25) is 0 Å². The Morgan fingerprint density at radius 2 is 1.86 bits per heavy atom. The van der Waals surface area contributed by atoms with Crippen molar-refractivity contribution < 1.29 is 9.53 Å². The van der Waals surface area contributed by atoms with Gasteiger partial charge in [0.15, 0.2) is 0 Å². The number of hydrogen-bond acceptors (Lipinski definition) is 3. The summed E-state index contributed by atoms with van der Waals surface area (Å²) in [5.74, 6) is -0.138. The molecular formula is C18H18N2O2. The Bertz CT molecular complexity index is 664. The van der Waals surface area contributed by atoms with E-state index in [4.69, 9.17) is 11.7 Å². The van der Waals surface area contributed by atoms with Crippen LogP contribution in [0.3, 0.4) is 0 Å². The smallest absolute Gasteiger partial charge is 0.255 e. The average Bonchev–Trinajstić information content (AvgIpc) is 2.56. The third kappa shape index (κ3) is 3.46. The van der Waals surface area contributed by atoms with Crippen LogP contribution >= 0.6 is 0 Å². The zero-order chi connectivity index (χ0) is 15.4. The van der Waals surface area contributed by atoms with Crippen molar-refractivity contribution in [3.63, 3.8) is 0 Å². The number of hydrogen-bond donors (Lipinski definition) is 1. The van der Waals surface area contributed by atoms with Gasteiger partial charge in [0.2, 0.25) is 0 Å². The van der Waals surface area contributed by atoms with E-state index in [1.54, 1.807) is 12.1 Å². The summed E-state index contributed by atoms with van der Waals surface area (Å²) >= 11 is 0. The lowest BCUT2D eigenvalue weighted by atomic mass is 10.1. The van der Waals surface area contributed by atoms with Crippen LogP contribution in [0.15, 0.2) is 48.5 Å². The first-order valence-electron chi connectivity index (χ1n) is 7.32. The molecule has 1 N–H and O–H groups in total. The van der Waals surface area contributed by atoms with Crippen molar-refractivity contribution >= 4 is 17.3 Å². The molecule has 3 rings (SSSR count). The Morgan fingerprint density at radius 1 is 1.09 bits per heavy atom. The highest BCUT2D eigenvalue weighted by atomic mass is 16.5. The number of carbonyl (C=O) groups excluding carboxylic acids is 1. The molecule has 1 aliphatic heterocycles. The minimum Gasteiger partial charge on any atom is -0.378 e. The Morgan fingerprint density at radius 3 is 2.64 bits per heavy atom. The van der Waals surface area contributed by atoms with E-state index in [0.29, 0.717) is 16.8 Å². The summed E-state index contributed by atoms with van der Waals surface area (Å²) in [6.07, 6.45) is 0. The van der Waals surface area contributed by atoms with E-state index in [2.05, 4.69) is 10.2 Å². The molecule has 1 amide bonds. The molecule has 2 aromatic carbocycles. The van der Waals surface area contributed by atoms with Gasteiger partial charge in [-0.05, 0) is 42.8 Å². The number of nitrogens with one attached hydrogen (secondary N) is 1. The largest absolute Gasteiger partial charge is 0.378 e. The van der Waals surface area contributed by atoms with Crippen molar-refractivity contribution in [3.05, 3.63) is 66.6 Å². The summed E-state index contributed by atoms with van der Waals surface area (Å²) in [6.45, 7) is 8.86. The highest BCUT2D eigenvalue weighted by molar-refractivity contribution is 6.04. The monoisotopic (exact) mass is 294 g/mol. The number of anilines is 2. The van der Waals surface area contributed by atoms with Gasteiger partial charge in [0.05, 0.1) is 13.2 Å². The van der Waals surface area contributed by atoms with Gasteiger partial charge >= 0.3 is 0 Å². The van der Waals surface area contributed by atoms with Gasteiger partial charge in [0.1, 0.15) is 0 Å². The molecule has 1 heterocycles. The van der Waals surface area contributed by atoms with E-state index in [9.17, 15) is 4.79 Å². The normalized spacial score (nSPS) is 14.7. The van der Waals surface area contributed by atoms with Crippen LogP contribution in [0, 0.1) is 6.92 Å². The van der Waals surface area contributed by atoms with Crippen LogP contribution in [0.25, 0.3) is 0 Å². The van der Waals surface area contributed by atoms with Crippen molar-refractivity contribution in [1.82, 2.24) is 0 Å². The van der Waals surface area contributed by atoms with E-state index in [-0.39, 0.29) is 5.91 Å². The van der Waals surface area contributed by atoms with Crippen molar-refractivity contribution in [1.29, 1.82) is 0 Å². The zero-order valence-corrected chi connectivity index (χ0v) is 12.3. The lowest BCUT2D eigenvalue weighted by Gasteiger charge is -2.29. The van der Waals surface area contributed by atoms with Gasteiger partial charge < -0.3 is 15.0 Å². The molecular weight excluding hydrogens is 276 g/mol. The summed E-state index contributed by atoms with van der Waals surface area (Å²) in [6, 6.07) is 14.8. The lowest BCUT2D eigenvalue weighted by Crippen LogP contribution is -2.36. The second-order valence-corrected chi connectivity index (χ2v) is 5.23. The number of ether oxygens (including phenoxy) is 1. The molecule has 0 spiro atoms. The first-order valence-corrected chi connectivity index (χ1v) is 7.32. The first-order chi connectivity index (χ1) is 10.7. The summed E-state index contributed by atoms with van der Waals surface area (Å²) in [5.41, 5.74) is 3.00. The van der Waals surface area contributed by atoms with Crippen LogP contribution in [0.5, 0.6) is 0 Å². The van der Waals surface area contributed by atoms with Gasteiger partial charge in [-0.15, -0.1) is 0 Å². The molecule has 0 bridgehead atoms. The molecule has 0 saturated carbocycles. The standard InChI is InChI=1S/C18H18N2O2/c1-14-4-2-6-16(12-14)19-18(21)15-5-3-7-17(13-15)20-8-10-22-11-9-20/h1-7,12-13H,8-11H2,(H,19,21). The maximum absolute atomic E-state index is 12.4. The van der Waals surface area contributed by atoms with Gasteiger partial charge in [-0.2, -0.15) is 0 Å². The molecule has 2 aromatic rings. The van der Waals surface area contributed by atoms with Crippen LogP contribution in [0.4, 0.5) is 11.4 Å². The maximum atomic E-state index is 12.4. The topological polar surface area (TPSA) is 41.6 Å².